The second-order valence-electron chi connectivity index (χ2n) is 6.22. The van der Waals surface area contributed by atoms with Gasteiger partial charge in [0.15, 0.2) is 5.82 Å². The lowest BCUT2D eigenvalue weighted by atomic mass is 9.97. The van der Waals surface area contributed by atoms with Crippen LogP contribution in [-0.2, 0) is 4.74 Å². The van der Waals surface area contributed by atoms with Gasteiger partial charge in [-0.25, -0.2) is 9.97 Å². The molecule has 120 valence electrons. The molecule has 0 aromatic carbocycles. The standard InChI is InChI=1S/C17H31N3O/c1-8-21-15(7)17-19-13(5)16(14(6)20-17)12(4)10-18-9-11(2)3/h11-12,15,18H,8-10H2,1-7H3. The van der Waals surface area contributed by atoms with Gasteiger partial charge in [-0.3, -0.25) is 0 Å². The fourth-order valence-electron chi connectivity index (χ4n) is 2.66. The van der Waals surface area contributed by atoms with Crippen molar-refractivity contribution in [1.82, 2.24) is 15.3 Å². The molecular weight excluding hydrogens is 262 g/mol. The average Bonchev–Trinajstić information content (AvgIpc) is 2.37. The Morgan fingerprint density at radius 3 is 2.05 bits per heavy atom. The summed E-state index contributed by atoms with van der Waals surface area (Å²) in [4.78, 5) is 9.31. The third-order valence-corrected chi connectivity index (χ3v) is 3.62. The predicted octanol–water partition coefficient (Wildman–Crippen LogP) is 3.54. The van der Waals surface area contributed by atoms with E-state index in [0.29, 0.717) is 18.4 Å². The molecule has 0 aliphatic rings. The predicted molar refractivity (Wildman–Crippen MR) is 87.7 cm³/mol. The molecule has 0 bridgehead atoms. The Morgan fingerprint density at radius 1 is 1.00 bits per heavy atom. The van der Waals surface area contributed by atoms with Crippen molar-refractivity contribution >= 4 is 0 Å². The number of nitrogens with zero attached hydrogens (tertiary/aromatic N) is 2. The molecule has 1 aromatic heterocycles. The van der Waals surface area contributed by atoms with Crippen LogP contribution >= 0.6 is 0 Å². The highest BCUT2D eigenvalue weighted by Crippen LogP contribution is 2.23. The summed E-state index contributed by atoms with van der Waals surface area (Å²) < 4.78 is 5.59. The lowest BCUT2D eigenvalue weighted by Crippen LogP contribution is -2.25. The topological polar surface area (TPSA) is 47.0 Å². The second kappa shape index (κ2) is 8.44. The van der Waals surface area contributed by atoms with Gasteiger partial charge in [-0.05, 0) is 51.6 Å². The number of aryl methyl sites for hydroxylation is 2. The van der Waals surface area contributed by atoms with Gasteiger partial charge < -0.3 is 10.1 Å². The van der Waals surface area contributed by atoms with Crippen molar-refractivity contribution < 1.29 is 4.74 Å². The van der Waals surface area contributed by atoms with E-state index in [1.807, 2.05) is 13.8 Å². The Kier molecular flexibility index (Phi) is 7.26. The first-order chi connectivity index (χ1) is 9.86. The maximum Gasteiger partial charge on any atom is 0.157 e. The molecule has 0 aliphatic carbocycles. The fourth-order valence-corrected chi connectivity index (χ4v) is 2.66. The van der Waals surface area contributed by atoms with E-state index in [1.54, 1.807) is 0 Å². The average molecular weight is 293 g/mol. The molecule has 0 fully saturated rings. The number of aromatic nitrogens is 2. The van der Waals surface area contributed by atoms with Gasteiger partial charge in [0.25, 0.3) is 0 Å². The van der Waals surface area contributed by atoms with Crippen molar-refractivity contribution in [1.29, 1.82) is 0 Å². The molecule has 4 nitrogen and oxygen atoms in total. The van der Waals surface area contributed by atoms with Gasteiger partial charge in [-0.15, -0.1) is 0 Å². The zero-order chi connectivity index (χ0) is 16.0. The number of hydrogen-bond acceptors (Lipinski definition) is 4. The Balaban J connectivity index is 2.83. The maximum atomic E-state index is 5.59. The van der Waals surface area contributed by atoms with Crippen LogP contribution in [0.2, 0.25) is 0 Å². The van der Waals surface area contributed by atoms with E-state index in [2.05, 4.69) is 49.9 Å². The van der Waals surface area contributed by atoms with Crippen LogP contribution in [0.3, 0.4) is 0 Å². The lowest BCUT2D eigenvalue weighted by molar-refractivity contribution is 0.0697. The minimum Gasteiger partial charge on any atom is -0.371 e. The molecule has 1 aromatic rings. The van der Waals surface area contributed by atoms with E-state index in [9.17, 15) is 0 Å². The highest BCUT2D eigenvalue weighted by atomic mass is 16.5. The van der Waals surface area contributed by atoms with Crippen LogP contribution < -0.4 is 5.32 Å². The normalized spacial score (nSPS) is 14.5. The van der Waals surface area contributed by atoms with E-state index >= 15 is 0 Å². The van der Waals surface area contributed by atoms with Crippen LogP contribution in [0.25, 0.3) is 0 Å². The summed E-state index contributed by atoms with van der Waals surface area (Å²) in [6.45, 7) is 17.5. The summed E-state index contributed by atoms with van der Waals surface area (Å²) >= 11 is 0. The van der Waals surface area contributed by atoms with Crippen molar-refractivity contribution in [3.63, 3.8) is 0 Å². The second-order valence-corrected chi connectivity index (χ2v) is 6.22. The Morgan fingerprint density at radius 2 is 1.57 bits per heavy atom. The van der Waals surface area contributed by atoms with Crippen LogP contribution in [0.5, 0.6) is 0 Å². The number of nitrogens with one attached hydrogen (secondary N) is 1. The van der Waals surface area contributed by atoms with Gasteiger partial charge >= 0.3 is 0 Å². The smallest absolute Gasteiger partial charge is 0.157 e. The Hall–Kier alpha value is -1.00. The summed E-state index contributed by atoms with van der Waals surface area (Å²) in [6, 6.07) is 0. The number of hydrogen-bond donors (Lipinski definition) is 1. The van der Waals surface area contributed by atoms with E-state index in [-0.39, 0.29) is 6.10 Å². The Bertz CT molecular complexity index is 423. The quantitative estimate of drug-likeness (QED) is 0.796. The minimum atomic E-state index is -0.0455. The summed E-state index contributed by atoms with van der Waals surface area (Å²) in [7, 11) is 0. The van der Waals surface area contributed by atoms with Gasteiger partial charge in [0.2, 0.25) is 0 Å². The molecule has 1 N–H and O–H groups in total. The maximum absolute atomic E-state index is 5.59. The summed E-state index contributed by atoms with van der Waals surface area (Å²) in [5, 5.41) is 3.51. The summed E-state index contributed by atoms with van der Waals surface area (Å²) in [6.07, 6.45) is -0.0455. The molecular formula is C17H31N3O. The molecule has 0 amide bonds. The van der Waals surface area contributed by atoms with Gasteiger partial charge in [0.05, 0.1) is 0 Å². The first kappa shape index (κ1) is 18.1. The number of ether oxygens (including phenoxy) is 1. The van der Waals surface area contributed by atoms with E-state index in [1.165, 1.54) is 5.56 Å². The largest absolute Gasteiger partial charge is 0.371 e. The van der Waals surface area contributed by atoms with Crippen molar-refractivity contribution in [3.8, 4) is 0 Å². The Labute approximate surface area is 129 Å². The molecule has 4 heteroatoms. The van der Waals surface area contributed by atoms with Crippen LogP contribution in [0, 0.1) is 19.8 Å². The minimum absolute atomic E-state index is 0.0455. The SMILES string of the molecule is CCOC(C)c1nc(C)c(C(C)CNCC(C)C)c(C)n1. The summed E-state index contributed by atoms with van der Waals surface area (Å²) in [5.41, 5.74) is 3.41. The molecule has 2 unspecified atom stereocenters. The van der Waals surface area contributed by atoms with Crippen molar-refractivity contribution in [3.05, 3.63) is 22.8 Å². The molecule has 0 saturated carbocycles. The zero-order valence-corrected chi connectivity index (χ0v) is 14.7. The van der Waals surface area contributed by atoms with Crippen LogP contribution in [-0.4, -0.2) is 29.7 Å². The molecule has 2 atom stereocenters. The van der Waals surface area contributed by atoms with Crippen LogP contribution in [0.4, 0.5) is 0 Å². The van der Waals surface area contributed by atoms with Crippen LogP contribution in [0.15, 0.2) is 0 Å². The molecule has 0 aliphatic heterocycles. The molecule has 0 spiro atoms. The highest BCUT2D eigenvalue weighted by molar-refractivity contribution is 5.28. The fraction of sp³-hybridized carbons (Fsp3) is 0.765. The van der Waals surface area contributed by atoms with Crippen LogP contribution in [0.1, 0.15) is 69.4 Å². The van der Waals surface area contributed by atoms with E-state index in [4.69, 9.17) is 4.74 Å². The van der Waals surface area contributed by atoms with Crippen molar-refractivity contribution in [2.45, 2.75) is 60.5 Å². The highest BCUT2D eigenvalue weighted by Gasteiger charge is 2.17. The van der Waals surface area contributed by atoms with E-state index < -0.39 is 0 Å². The molecule has 1 rings (SSSR count). The molecule has 21 heavy (non-hydrogen) atoms. The van der Waals surface area contributed by atoms with Gasteiger partial charge in [0, 0.05) is 24.5 Å². The van der Waals surface area contributed by atoms with Gasteiger partial charge in [0.1, 0.15) is 6.10 Å². The zero-order valence-electron chi connectivity index (χ0n) is 14.7. The third-order valence-electron chi connectivity index (χ3n) is 3.62. The molecule has 0 saturated heterocycles. The third kappa shape index (κ3) is 5.36. The van der Waals surface area contributed by atoms with E-state index in [0.717, 1.165) is 30.3 Å². The molecule has 0 radical (unpaired) electrons. The van der Waals surface area contributed by atoms with Gasteiger partial charge in [-0.1, -0.05) is 20.8 Å². The first-order valence-corrected chi connectivity index (χ1v) is 8.04. The lowest BCUT2D eigenvalue weighted by Gasteiger charge is -2.20. The number of rotatable bonds is 8. The summed E-state index contributed by atoms with van der Waals surface area (Å²) in [5.74, 6) is 1.88. The molecule has 1 heterocycles. The van der Waals surface area contributed by atoms with Gasteiger partial charge in [-0.2, -0.15) is 0 Å². The van der Waals surface area contributed by atoms with Crippen molar-refractivity contribution in [2.75, 3.05) is 19.7 Å². The first-order valence-electron chi connectivity index (χ1n) is 8.04. The van der Waals surface area contributed by atoms with Crippen molar-refractivity contribution in [2.24, 2.45) is 5.92 Å². The monoisotopic (exact) mass is 293 g/mol.